The van der Waals surface area contributed by atoms with Gasteiger partial charge in [-0.3, -0.25) is 4.79 Å². The van der Waals surface area contributed by atoms with Gasteiger partial charge in [-0.15, -0.1) is 0 Å². The highest BCUT2D eigenvalue weighted by Gasteiger charge is 2.30. The number of aromatic nitrogens is 2. The molecular formula is C32H36N4OS. The summed E-state index contributed by atoms with van der Waals surface area (Å²) in [4.78, 5) is 18.1. The summed E-state index contributed by atoms with van der Waals surface area (Å²) >= 11 is 1.73. The Bertz CT molecular complexity index is 1630. The van der Waals surface area contributed by atoms with Crippen LogP contribution in [0.1, 0.15) is 80.4 Å². The van der Waals surface area contributed by atoms with Crippen LogP contribution in [0.5, 0.6) is 0 Å². The summed E-state index contributed by atoms with van der Waals surface area (Å²) in [5.74, 6) is 0.146. The molecule has 0 atom stereocenters. The zero-order valence-electron chi connectivity index (χ0n) is 22.5. The Kier molecular flexibility index (Phi) is 6.39. The van der Waals surface area contributed by atoms with Crippen molar-refractivity contribution < 1.29 is 4.79 Å². The molecule has 1 aliphatic heterocycles. The molecule has 2 aliphatic rings. The smallest absolute Gasteiger partial charge is 0.248 e. The van der Waals surface area contributed by atoms with E-state index >= 15 is 0 Å². The van der Waals surface area contributed by atoms with Crippen molar-refractivity contribution in [1.82, 2.24) is 9.55 Å². The number of H-pyrrole nitrogens is 1. The molecule has 0 radical (unpaired) electrons. The van der Waals surface area contributed by atoms with E-state index < -0.39 is 0 Å². The molecule has 6 heteroatoms. The molecule has 1 amide bonds. The normalized spacial score (nSPS) is 15.6. The van der Waals surface area contributed by atoms with Crippen molar-refractivity contribution in [2.75, 3.05) is 11.9 Å². The molecule has 6 rings (SSSR count). The number of hydrogen-bond acceptors (Lipinski definition) is 3. The quantitative estimate of drug-likeness (QED) is 0.245. The zero-order valence-corrected chi connectivity index (χ0v) is 23.4. The minimum atomic E-state index is -0.377. The number of nitrogens with zero attached hydrogens (tertiary/aromatic N) is 1. The molecule has 0 spiro atoms. The molecule has 1 fully saturated rings. The Morgan fingerprint density at radius 3 is 2.55 bits per heavy atom. The van der Waals surface area contributed by atoms with Gasteiger partial charge in [-0.2, -0.15) is 0 Å². The SMILES string of the molecule is C=C(C)SC(=C(C)C)c1cc2c3c(ccc2[nH]1)-c1c(C2CCCCC2)c2ccc(C(N)=O)cc2n1CCN3. The van der Waals surface area contributed by atoms with Gasteiger partial charge >= 0.3 is 0 Å². The Morgan fingerprint density at radius 1 is 1.05 bits per heavy atom. The number of hydrogen-bond donors (Lipinski definition) is 3. The second kappa shape index (κ2) is 9.73. The van der Waals surface area contributed by atoms with E-state index in [2.05, 4.69) is 66.5 Å². The number of anilines is 1. The van der Waals surface area contributed by atoms with Gasteiger partial charge in [0.15, 0.2) is 0 Å². The lowest BCUT2D eigenvalue weighted by Gasteiger charge is -2.24. The monoisotopic (exact) mass is 524 g/mol. The van der Waals surface area contributed by atoms with Crippen molar-refractivity contribution in [1.29, 1.82) is 0 Å². The summed E-state index contributed by atoms with van der Waals surface area (Å²) < 4.78 is 2.43. The highest BCUT2D eigenvalue weighted by Crippen LogP contribution is 2.48. The highest BCUT2D eigenvalue weighted by atomic mass is 32.2. The van der Waals surface area contributed by atoms with Crippen LogP contribution in [-0.4, -0.2) is 22.0 Å². The summed E-state index contributed by atoms with van der Waals surface area (Å²) in [6.07, 6.45) is 6.28. The van der Waals surface area contributed by atoms with Crippen LogP contribution in [0.25, 0.3) is 38.0 Å². The van der Waals surface area contributed by atoms with Gasteiger partial charge in [0.2, 0.25) is 5.91 Å². The fraction of sp³-hybridized carbons (Fsp3) is 0.344. The summed E-state index contributed by atoms with van der Waals surface area (Å²) in [7, 11) is 0. The van der Waals surface area contributed by atoms with Gasteiger partial charge in [-0.25, -0.2) is 0 Å². The number of amides is 1. The topological polar surface area (TPSA) is 75.8 Å². The highest BCUT2D eigenvalue weighted by molar-refractivity contribution is 8.11. The lowest BCUT2D eigenvalue weighted by atomic mass is 9.81. The number of benzene rings is 2. The zero-order chi connectivity index (χ0) is 26.6. The van der Waals surface area contributed by atoms with Crippen molar-refractivity contribution in [3.8, 4) is 11.3 Å². The summed E-state index contributed by atoms with van der Waals surface area (Å²) in [5.41, 5.74) is 16.1. The molecule has 4 N–H and O–H groups in total. The van der Waals surface area contributed by atoms with Gasteiger partial charge in [0, 0.05) is 50.9 Å². The molecule has 5 nitrogen and oxygen atoms in total. The van der Waals surface area contributed by atoms with Gasteiger partial charge < -0.3 is 20.6 Å². The lowest BCUT2D eigenvalue weighted by molar-refractivity contribution is 0.100. The van der Waals surface area contributed by atoms with Gasteiger partial charge in [-0.1, -0.05) is 49.2 Å². The van der Waals surface area contributed by atoms with Crippen LogP contribution in [0.2, 0.25) is 0 Å². The molecular weight excluding hydrogens is 488 g/mol. The molecule has 1 aliphatic carbocycles. The first kappa shape index (κ1) is 24.9. The van der Waals surface area contributed by atoms with Crippen LogP contribution >= 0.6 is 11.8 Å². The molecule has 0 saturated heterocycles. The number of fused-ring (bicyclic) bond motifs is 7. The Labute approximate surface area is 228 Å². The minimum Gasteiger partial charge on any atom is -0.382 e. The van der Waals surface area contributed by atoms with E-state index in [1.54, 1.807) is 11.8 Å². The first-order valence-corrected chi connectivity index (χ1v) is 14.5. The molecule has 0 bridgehead atoms. The summed E-state index contributed by atoms with van der Waals surface area (Å²) in [5, 5.41) is 6.26. The van der Waals surface area contributed by atoms with E-state index in [4.69, 9.17) is 5.73 Å². The van der Waals surface area contributed by atoms with Gasteiger partial charge in [0.25, 0.3) is 0 Å². The van der Waals surface area contributed by atoms with Crippen molar-refractivity contribution >= 4 is 50.1 Å². The van der Waals surface area contributed by atoms with Crippen LogP contribution < -0.4 is 11.1 Å². The lowest BCUT2D eigenvalue weighted by Crippen LogP contribution is -2.11. The molecule has 1 saturated carbocycles. The van der Waals surface area contributed by atoms with E-state index in [1.165, 1.54) is 75.9 Å². The second-order valence-electron chi connectivity index (χ2n) is 11.0. The average molecular weight is 525 g/mol. The van der Waals surface area contributed by atoms with Crippen molar-refractivity contribution in [2.45, 2.75) is 65.3 Å². The number of nitrogens with one attached hydrogen (secondary N) is 2. The molecule has 38 heavy (non-hydrogen) atoms. The second-order valence-corrected chi connectivity index (χ2v) is 12.3. The van der Waals surface area contributed by atoms with E-state index in [0.29, 0.717) is 11.5 Å². The maximum atomic E-state index is 12.1. The van der Waals surface area contributed by atoms with E-state index in [9.17, 15) is 4.79 Å². The third-order valence-corrected chi connectivity index (χ3v) is 9.25. The number of carbonyl (C=O) groups is 1. The van der Waals surface area contributed by atoms with E-state index in [-0.39, 0.29) is 5.91 Å². The average Bonchev–Trinajstić information content (AvgIpc) is 3.40. The Balaban J connectivity index is 1.61. The third kappa shape index (κ3) is 4.15. The van der Waals surface area contributed by atoms with Crippen LogP contribution in [0.15, 0.2) is 53.5 Å². The van der Waals surface area contributed by atoms with E-state index in [0.717, 1.165) is 34.7 Å². The number of allylic oxidation sites excluding steroid dienone is 2. The van der Waals surface area contributed by atoms with Crippen molar-refractivity contribution in [3.05, 3.63) is 70.3 Å². The maximum Gasteiger partial charge on any atom is 0.248 e. The van der Waals surface area contributed by atoms with Crippen LogP contribution in [0, 0.1) is 0 Å². The van der Waals surface area contributed by atoms with E-state index in [1.807, 2.05) is 12.1 Å². The first-order chi connectivity index (χ1) is 18.3. The number of nitrogens with two attached hydrogens (primary N) is 1. The number of primary amides is 1. The first-order valence-electron chi connectivity index (χ1n) is 13.7. The van der Waals surface area contributed by atoms with Gasteiger partial charge in [0.05, 0.1) is 17.1 Å². The van der Waals surface area contributed by atoms with Crippen molar-refractivity contribution in [3.63, 3.8) is 0 Å². The minimum absolute atomic E-state index is 0.377. The summed E-state index contributed by atoms with van der Waals surface area (Å²) in [6, 6.07) is 12.8. The fourth-order valence-corrected chi connectivity index (χ4v) is 7.24. The molecule has 0 unspecified atom stereocenters. The predicted octanol–water partition coefficient (Wildman–Crippen LogP) is 8.38. The molecule has 3 heterocycles. The number of thioether (sulfide) groups is 1. The summed E-state index contributed by atoms with van der Waals surface area (Å²) in [6.45, 7) is 12.1. The Hall–Kier alpha value is -3.38. The van der Waals surface area contributed by atoms with Crippen molar-refractivity contribution in [2.24, 2.45) is 5.73 Å². The third-order valence-electron chi connectivity index (χ3n) is 8.07. The standard InChI is InChI=1S/C32H36N4OS/c1-18(2)31(38-19(3)4)26-17-24-25(35-26)13-12-23-29(24)34-14-15-36-27-16-21(32(33)37)10-11-22(27)28(30(23)36)20-8-6-5-7-9-20/h10-13,16-17,20,34-35H,3,5-9,14-15H2,1-2,4H3,(H2,33,37). The van der Waals surface area contributed by atoms with Gasteiger partial charge in [0.1, 0.15) is 0 Å². The fourth-order valence-electron chi connectivity index (χ4n) is 6.46. The number of rotatable bonds is 5. The van der Waals surface area contributed by atoms with Crippen LogP contribution in [0.4, 0.5) is 5.69 Å². The van der Waals surface area contributed by atoms with Crippen LogP contribution in [-0.2, 0) is 6.54 Å². The largest absolute Gasteiger partial charge is 0.382 e. The number of aromatic amines is 1. The molecule has 4 aromatic rings. The predicted molar refractivity (Wildman–Crippen MR) is 163 cm³/mol. The van der Waals surface area contributed by atoms with Gasteiger partial charge in [-0.05, 0) is 80.3 Å². The molecule has 196 valence electrons. The molecule has 2 aromatic carbocycles. The Morgan fingerprint density at radius 2 is 1.84 bits per heavy atom. The maximum absolute atomic E-state index is 12.1. The van der Waals surface area contributed by atoms with Crippen LogP contribution in [0.3, 0.4) is 0 Å². The number of carbonyl (C=O) groups excluding carboxylic acids is 1. The molecule has 2 aromatic heterocycles.